The molecule has 4 aromatic rings. The first-order chi connectivity index (χ1) is 13.5. The molecule has 2 aromatic heterocycles. The van der Waals surface area contributed by atoms with Gasteiger partial charge in [0.05, 0.1) is 15.9 Å². The Bertz CT molecular complexity index is 1190. The van der Waals surface area contributed by atoms with Crippen LogP contribution in [0.15, 0.2) is 42.5 Å². The zero-order valence-corrected chi connectivity index (χ0v) is 17.1. The standard InChI is InChI=1S/C20H14Cl2N4OS/c1-10-17-11(18-12(21)5-4-6-13(18)22)9-16(27)24-19(17)26(25-10)20-23-14-7-2-3-8-15(14)28-20/h2-8,11H,9H2,1H3,(H,24,27). The van der Waals surface area contributed by atoms with Gasteiger partial charge in [0.1, 0.15) is 5.82 Å². The van der Waals surface area contributed by atoms with E-state index in [0.29, 0.717) is 21.0 Å². The SMILES string of the molecule is Cc1nn(-c2nc3ccccc3s2)c2c1C(c1c(Cl)cccc1Cl)CC(=O)N2. The summed E-state index contributed by atoms with van der Waals surface area (Å²) in [5.41, 5.74) is 3.40. The molecular formula is C20H14Cl2N4OS. The maximum Gasteiger partial charge on any atom is 0.226 e. The summed E-state index contributed by atoms with van der Waals surface area (Å²) in [5.74, 6) is 0.276. The average molecular weight is 429 g/mol. The molecule has 2 aromatic carbocycles. The molecule has 1 amide bonds. The third kappa shape index (κ3) is 2.71. The van der Waals surface area contributed by atoms with Crippen LogP contribution in [0, 0.1) is 6.92 Å². The zero-order chi connectivity index (χ0) is 19.4. The van der Waals surface area contributed by atoms with Gasteiger partial charge in [0.2, 0.25) is 11.0 Å². The van der Waals surface area contributed by atoms with Crippen LogP contribution in [0.3, 0.4) is 0 Å². The molecule has 0 saturated carbocycles. The fraction of sp³-hybridized carbons (Fsp3) is 0.150. The lowest BCUT2D eigenvalue weighted by atomic mass is 9.85. The lowest BCUT2D eigenvalue weighted by molar-refractivity contribution is -0.116. The number of para-hydroxylation sites is 1. The van der Waals surface area contributed by atoms with Gasteiger partial charge in [-0.3, -0.25) is 4.79 Å². The van der Waals surface area contributed by atoms with E-state index in [1.807, 2.05) is 31.2 Å². The molecule has 5 nitrogen and oxygen atoms in total. The Labute approximate surface area is 174 Å². The number of rotatable bonds is 2. The van der Waals surface area contributed by atoms with Gasteiger partial charge < -0.3 is 5.32 Å². The van der Waals surface area contributed by atoms with Crippen molar-refractivity contribution in [2.75, 3.05) is 5.32 Å². The quantitative estimate of drug-likeness (QED) is 0.453. The van der Waals surface area contributed by atoms with Crippen molar-refractivity contribution in [1.82, 2.24) is 14.8 Å². The van der Waals surface area contributed by atoms with Gasteiger partial charge in [0.15, 0.2) is 0 Å². The Morgan fingerprint density at radius 2 is 1.86 bits per heavy atom. The van der Waals surface area contributed by atoms with Gasteiger partial charge in [-0.25, -0.2) is 4.98 Å². The molecule has 140 valence electrons. The second-order valence-electron chi connectivity index (χ2n) is 6.66. The number of carbonyl (C=O) groups is 1. The predicted octanol–water partition coefficient (Wildman–Crippen LogP) is 5.57. The van der Waals surface area contributed by atoms with Crippen molar-refractivity contribution in [3.05, 3.63) is 69.3 Å². The second-order valence-corrected chi connectivity index (χ2v) is 8.49. The summed E-state index contributed by atoms with van der Waals surface area (Å²) >= 11 is 14.4. The lowest BCUT2D eigenvalue weighted by Crippen LogP contribution is -2.25. The maximum atomic E-state index is 12.5. The molecular weight excluding hydrogens is 415 g/mol. The first kappa shape index (κ1) is 17.7. The van der Waals surface area contributed by atoms with Gasteiger partial charge in [-0.15, -0.1) is 0 Å². The number of hydrogen-bond donors (Lipinski definition) is 1. The Morgan fingerprint density at radius 3 is 2.61 bits per heavy atom. The van der Waals surface area contributed by atoms with Crippen molar-refractivity contribution in [3.63, 3.8) is 0 Å². The average Bonchev–Trinajstić information content (AvgIpc) is 3.22. The van der Waals surface area contributed by atoms with Crippen LogP contribution in [0.4, 0.5) is 5.82 Å². The van der Waals surface area contributed by atoms with E-state index in [1.54, 1.807) is 22.9 Å². The molecule has 0 saturated heterocycles. The van der Waals surface area contributed by atoms with E-state index < -0.39 is 0 Å². The number of nitrogens with one attached hydrogen (secondary N) is 1. The third-order valence-electron chi connectivity index (χ3n) is 4.91. The van der Waals surface area contributed by atoms with Gasteiger partial charge >= 0.3 is 0 Å². The topological polar surface area (TPSA) is 59.8 Å². The molecule has 0 bridgehead atoms. The number of aryl methyl sites for hydroxylation is 1. The normalized spacial score (nSPS) is 16.2. The van der Waals surface area contributed by atoms with Crippen molar-refractivity contribution in [3.8, 4) is 5.13 Å². The van der Waals surface area contributed by atoms with E-state index in [-0.39, 0.29) is 18.2 Å². The highest BCUT2D eigenvalue weighted by atomic mass is 35.5. The molecule has 1 aliphatic rings. The molecule has 1 unspecified atom stereocenters. The summed E-state index contributed by atoms with van der Waals surface area (Å²) in [6.07, 6.45) is 0.267. The highest BCUT2D eigenvalue weighted by Crippen LogP contribution is 2.45. The predicted molar refractivity (Wildman–Crippen MR) is 113 cm³/mol. The van der Waals surface area contributed by atoms with Crippen LogP contribution in [-0.4, -0.2) is 20.7 Å². The van der Waals surface area contributed by atoms with Gasteiger partial charge in [-0.1, -0.05) is 52.7 Å². The number of carbonyl (C=O) groups excluding carboxylic acids is 1. The summed E-state index contributed by atoms with van der Waals surface area (Å²) in [6.45, 7) is 1.93. The molecule has 3 heterocycles. The van der Waals surface area contributed by atoms with Gasteiger partial charge in [-0.2, -0.15) is 9.78 Å². The minimum atomic E-state index is -0.256. The van der Waals surface area contributed by atoms with Crippen LogP contribution in [0.5, 0.6) is 0 Å². The molecule has 28 heavy (non-hydrogen) atoms. The number of halogens is 2. The first-order valence-corrected chi connectivity index (χ1v) is 10.3. The van der Waals surface area contributed by atoms with Crippen LogP contribution >= 0.6 is 34.5 Å². The minimum Gasteiger partial charge on any atom is -0.310 e. The Kier molecular flexibility index (Phi) is 4.16. The molecule has 1 atom stereocenters. The number of aromatic nitrogens is 3. The Hall–Kier alpha value is -2.41. The van der Waals surface area contributed by atoms with Crippen LogP contribution in [0.2, 0.25) is 10.0 Å². The fourth-order valence-corrected chi connectivity index (χ4v) is 5.31. The van der Waals surface area contributed by atoms with Gasteiger partial charge in [-0.05, 0) is 36.8 Å². The number of thiazole rings is 1. The smallest absolute Gasteiger partial charge is 0.226 e. The van der Waals surface area contributed by atoms with E-state index in [9.17, 15) is 4.79 Å². The molecule has 0 radical (unpaired) electrons. The summed E-state index contributed by atoms with van der Waals surface area (Å²) in [6, 6.07) is 13.3. The number of fused-ring (bicyclic) bond motifs is 2. The van der Waals surface area contributed by atoms with Crippen molar-refractivity contribution < 1.29 is 4.79 Å². The number of amides is 1. The fourth-order valence-electron chi connectivity index (χ4n) is 3.73. The highest BCUT2D eigenvalue weighted by Gasteiger charge is 2.35. The van der Waals surface area contributed by atoms with Crippen molar-refractivity contribution in [2.24, 2.45) is 0 Å². The van der Waals surface area contributed by atoms with Crippen molar-refractivity contribution in [1.29, 1.82) is 0 Å². The molecule has 0 aliphatic carbocycles. The molecule has 8 heteroatoms. The van der Waals surface area contributed by atoms with E-state index in [1.165, 1.54) is 11.3 Å². The zero-order valence-electron chi connectivity index (χ0n) is 14.7. The summed E-state index contributed by atoms with van der Waals surface area (Å²) in [4.78, 5) is 17.2. The number of nitrogens with zero attached hydrogens (tertiary/aromatic N) is 3. The van der Waals surface area contributed by atoms with Crippen LogP contribution in [-0.2, 0) is 4.79 Å². The molecule has 5 rings (SSSR count). The van der Waals surface area contributed by atoms with E-state index in [0.717, 1.165) is 27.0 Å². The lowest BCUT2D eigenvalue weighted by Gasteiger charge is -2.25. The van der Waals surface area contributed by atoms with Crippen molar-refractivity contribution >= 4 is 56.5 Å². The van der Waals surface area contributed by atoms with E-state index in [2.05, 4.69) is 10.3 Å². The van der Waals surface area contributed by atoms with Gasteiger partial charge in [0.25, 0.3) is 0 Å². The van der Waals surface area contributed by atoms with Crippen molar-refractivity contribution in [2.45, 2.75) is 19.3 Å². The third-order valence-corrected chi connectivity index (χ3v) is 6.59. The first-order valence-electron chi connectivity index (χ1n) is 8.72. The summed E-state index contributed by atoms with van der Waals surface area (Å²) < 4.78 is 2.77. The van der Waals surface area contributed by atoms with Gasteiger partial charge in [0, 0.05) is 27.9 Å². The Balaban J connectivity index is 1.72. The minimum absolute atomic E-state index is 0.101. The maximum absolute atomic E-state index is 12.5. The van der Waals surface area contributed by atoms with E-state index in [4.69, 9.17) is 28.3 Å². The van der Waals surface area contributed by atoms with Crippen LogP contribution < -0.4 is 5.32 Å². The number of anilines is 1. The summed E-state index contributed by atoms with van der Waals surface area (Å²) in [5, 5.41) is 9.46. The molecule has 0 fully saturated rings. The second kappa shape index (κ2) is 6.58. The molecule has 1 N–H and O–H groups in total. The Morgan fingerprint density at radius 1 is 1.11 bits per heavy atom. The van der Waals surface area contributed by atoms with Crippen LogP contribution in [0.25, 0.3) is 15.3 Å². The number of hydrogen-bond acceptors (Lipinski definition) is 4. The molecule has 1 aliphatic heterocycles. The van der Waals surface area contributed by atoms with Crippen LogP contribution in [0.1, 0.15) is 29.2 Å². The number of benzene rings is 2. The highest BCUT2D eigenvalue weighted by molar-refractivity contribution is 7.20. The summed E-state index contributed by atoms with van der Waals surface area (Å²) in [7, 11) is 0. The van der Waals surface area contributed by atoms with E-state index >= 15 is 0 Å². The monoisotopic (exact) mass is 428 g/mol. The molecule has 0 spiro atoms. The largest absolute Gasteiger partial charge is 0.310 e.